The molecule has 0 amide bonds. The molecular formula is C11H16. The van der Waals surface area contributed by atoms with Gasteiger partial charge in [-0.05, 0) is 17.4 Å². The molecule has 0 aromatic heterocycles. The Labute approximate surface area is 69.3 Å². The van der Waals surface area contributed by atoms with Gasteiger partial charge in [0.15, 0.2) is 0 Å². The summed E-state index contributed by atoms with van der Waals surface area (Å²) in [5, 5.41) is 0. The first-order valence-corrected chi connectivity index (χ1v) is 4.26. The lowest BCUT2D eigenvalue weighted by molar-refractivity contribution is 0.535. The molecule has 0 spiro atoms. The van der Waals surface area contributed by atoms with Gasteiger partial charge in [0.25, 0.3) is 0 Å². The minimum Gasteiger partial charge on any atom is -0.0622 e. The highest BCUT2D eigenvalue weighted by atomic mass is 14.1. The van der Waals surface area contributed by atoms with Crippen LogP contribution in [0.4, 0.5) is 0 Å². The molecule has 0 aliphatic carbocycles. The highest BCUT2D eigenvalue weighted by Crippen LogP contribution is 2.22. The van der Waals surface area contributed by atoms with E-state index in [-0.39, 0.29) is 0 Å². The van der Waals surface area contributed by atoms with Gasteiger partial charge in [0.1, 0.15) is 0 Å². The molecule has 60 valence electrons. The minimum absolute atomic E-state index is 0.677. The molecule has 0 unspecified atom stereocenters. The highest BCUT2D eigenvalue weighted by Gasteiger charge is 2.07. The van der Waals surface area contributed by atoms with Crippen molar-refractivity contribution < 1.29 is 0 Å². The summed E-state index contributed by atoms with van der Waals surface area (Å²) in [6, 6.07) is 10.7. The van der Waals surface area contributed by atoms with Gasteiger partial charge in [-0.3, -0.25) is 0 Å². The second-order valence-electron chi connectivity index (χ2n) is 3.44. The standard InChI is InChI=1S/C11H16/c1-9(2)10(3)11-7-5-4-6-8-11/h4-10H,1-3H3/t10-/m0/s1. The third-order valence-electron chi connectivity index (χ3n) is 2.33. The minimum atomic E-state index is 0.677. The van der Waals surface area contributed by atoms with E-state index < -0.39 is 0 Å². The van der Waals surface area contributed by atoms with Gasteiger partial charge in [0.2, 0.25) is 0 Å². The van der Waals surface area contributed by atoms with E-state index in [0.717, 1.165) is 5.92 Å². The van der Waals surface area contributed by atoms with Gasteiger partial charge in [-0.2, -0.15) is 0 Å². The van der Waals surface area contributed by atoms with Crippen LogP contribution in [0.15, 0.2) is 30.3 Å². The summed E-state index contributed by atoms with van der Waals surface area (Å²) in [7, 11) is 0. The molecule has 0 fully saturated rings. The van der Waals surface area contributed by atoms with Crippen molar-refractivity contribution in [1.82, 2.24) is 0 Å². The summed E-state index contributed by atoms with van der Waals surface area (Å²) in [5.74, 6) is 1.41. The van der Waals surface area contributed by atoms with Crippen LogP contribution in [0.25, 0.3) is 0 Å². The average molecular weight is 148 g/mol. The predicted molar refractivity (Wildman–Crippen MR) is 49.7 cm³/mol. The average Bonchev–Trinajstić information content (AvgIpc) is 2.05. The first-order valence-electron chi connectivity index (χ1n) is 4.26. The van der Waals surface area contributed by atoms with Crippen LogP contribution in [-0.4, -0.2) is 0 Å². The Hall–Kier alpha value is -0.780. The number of hydrogen-bond donors (Lipinski definition) is 0. The normalized spacial score (nSPS) is 13.5. The molecule has 0 saturated heterocycles. The first kappa shape index (κ1) is 8.32. The van der Waals surface area contributed by atoms with Crippen molar-refractivity contribution in [2.45, 2.75) is 26.7 Å². The van der Waals surface area contributed by atoms with Crippen LogP contribution in [0.2, 0.25) is 0 Å². The zero-order chi connectivity index (χ0) is 8.27. The van der Waals surface area contributed by atoms with Crippen molar-refractivity contribution in [3.8, 4) is 0 Å². The molecule has 0 N–H and O–H groups in total. The SMILES string of the molecule is CC(C)[C@H](C)c1ccccc1. The molecule has 11 heavy (non-hydrogen) atoms. The van der Waals surface area contributed by atoms with Crippen molar-refractivity contribution in [3.05, 3.63) is 35.9 Å². The van der Waals surface area contributed by atoms with E-state index in [0.29, 0.717) is 5.92 Å². The van der Waals surface area contributed by atoms with Crippen LogP contribution in [0.5, 0.6) is 0 Å². The van der Waals surface area contributed by atoms with Gasteiger partial charge in [-0.15, -0.1) is 0 Å². The predicted octanol–water partition coefficient (Wildman–Crippen LogP) is 3.45. The summed E-state index contributed by atoms with van der Waals surface area (Å²) in [5.41, 5.74) is 1.45. The monoisotopic (exact) mass is 148 g/mol. The van der Waals surface area contributed by atoms with Gasteiger partial charge < -0.3 is 0 Å². The molecule has 0 nitrogen and oxygen atoms in total. The Morgan fingerprint density at radius 2 is 1.45 bits per heavy atom. The second-order valence-corrected chi connectivity index (χ2v) is 3.44. The molecule has 0 aliphatic rings. The van der Waals surface area contributed by atoms with Gasteiger partial charge in [-0.1, -0.05) is 51.1 Å². The Morgan fingerprint density at radius 3 is 1.91 bits per heavy atom. The van der Waals surface area contributed by atoms with Crippen LogP contribution >= 0.6 is 0 Å². The van der Waals surface area contributed by atoms with Crippen LogP contribution in [0, 0.1) is 5.92 Å². The maximum atomic E-state index is 2.28. The summed E-state index contributed by atoms with van der Waals surface area (Å²) >= 11 is 0. The molecule has 1 aromatic carbocycles. The molecule has 0 aliphatic heterocycles. The molecule has 0 heterocycles. The van der Waals surface area contributed by atoms with E-state index in [1.54, 1.807) is 0 Å². The zero-order valence-electron chi connectivity index (χ0n) is 7.54. The molecule has 1 rings (SSSR count). The molecule has 0 heteroatoms. The van der Waals surface area contributed by atoms with E-state index >= 15 is 0 Å². The van der Waals surface area contributed by atoms with E-state index in [9.17, 15) is 0 Å². The largest absolute Gasteiger partial charge is 0.0622 e. The molecule has 1 aromatic rings. The number of hydrogen-bond acceptors (Lipinski definition) is 0. The Kier molecular flexibility index (Phi) is 2.70. The van der Waals surface area contributed by atoms with Crippen molar-refractivity contribution >= 4 is 0 Å². The van der Waals surface area contributed by atoms with Gasteiger partial charge in [-0.25, -0.2) is 0 Å². The Morgan fingerprint density at radius 1 is 0.909 bits per heavy atom. The summed E-state index contributed by atoms with van der Waals surface area (Å²) in [6.07, 6.45) is 0. The lowest BCUT2D eigenvalue weighted by Crippen LogP contribution is -2.00. The van der Waals surface area contributed by atoms with Crippen LogP contribution in [-0.2, 0) is 0 Å². The second kappa shape index (κ2) is 3.56. The quantitative estimate of drug-likeness (QED) is 0.602. The van der Waals surface area contributed by atoms with E-state index in [1.165, 1.54) is 5.56 Å². The Bertz CT molecular complexity index is 199. The lowest BCUT2D eigenvalue weighted by atomic mass is 9.91. The molecular weight excluding hydrogens is 132 g/mol. The van der Waals surface area contributed by atoms with Crippen LogP contribution < -0.4 is 0 Å². The van der Waals surface area contributed by atoms with E-state index in [1.807, 2.05) is 0 Å². The van der Waals surface area contributed by atoms with Gasteiger partial charge in [0.05, 0.1) is 0 Å². The summed E-state index contributed by atoms with van der Waals surface area (Å²) in [4.78, 5) is 0. The summed E-state index contributed by atoms with van der Waals surface area (Å²) in [6.45, 7) is 6.80. The topological polar surface area (TPSA) is 0 Å². The van der Waals surface area contributed by atoms with Crippen molar-refractivity contribution in [2.75, 3.05) is 0 Å². The highest BCUT2D eigenvalue weighted by molar-refractivity contribution is 5.18. The number of rotatable bonds is 2. The Balaban J connectivity index is 2.77. The van der Waals surface area contributed by atoms with Gasteiger partial charge in [0, 0.05) is 0 Å². The fourth-order valence-electron chi connectivity index (χ4n) is 1.14. The first-order chi connectivity index (χ1) is 5.22. The van der Waals surface area contributed by atoms with Crippen molar-refractivity contribution in [3.63, 3.8) is 0 Å². The van der Waals surface area contributed by atoms with Crippen molar-refractivity contribution in [1.29, 1.82) is 0 Å². The van der Waals surface area contributed by atoms with Crippen molar-refractivity contribution in [2.24, 2.45) is 5.92 Å². The number of benzene rings is 1. The fraction of sp³-hybridized carbons (Fsp3) is 0.455. The molecule has 0 radical (unpaired) electrons. The zero-order valence-corrected chi connectivity index (χ0v) is 7.54. The third-order valence-corrected chi connectivity index (χ3v) is 2.33. The van der Waals surface area contributed by atoms with E-state index in [2.05, 4.69) is 51.1 Å². The molecule has 1 atom stereocenters. The smallest absolute Gasteiger partial charge is 0.0167 e. The lowest BCUT2D eigenvalue weighted by Gasteiger charge is -2.15. The molecule has 0 bridgehead atoms. The third kappa shape index (κ3) is 2.07. The fourth-order valence-corrected chi connectivity index (χ4v) is 1.14. The van der Waals surface area contributed by atoms with Crippen LogP contribution in [0.3, 0.4) is 0 Å². The van der Waals surface area contributed by atoms with E-state index in [4.69, 9.17) is 0 Å². The van der Waals surface area contributed by atoms with Crippen LogP contribution in [0.1, 0.15) is 32.3 Å². The maximum Gasteiger partial charge on any atom is -0.0167 e. The van der Waals surface area contributed by atoms with Gasteiger partial charge >= 0.3 is 0 Å². The molecule has 0 saturated carbocycles. The maximum absolute atomic E-state index is 2.28. The summed E-state index contributed by atoms with van der Waals surface area (Å²) < 4.78 is 0.